The van der Waals surface area contributed by atoms with Crippen molar-refractivity contribution >= 4 is 17.4 Å². The van der Waals surface area contributed by atoms with Gasteiger partial charge in [0.2, 0.25) is 0 Å². The number of aryl methyl sites for hydroxylation is 1. The highest BCUT2D eigenvalue weighted by molar-refractivity contribution is 7.99. The largest absolute Gasteiger partial charge is 0.378 e. The Kier molecular flexibility index (Phi) is 6.34. The van der Waals surface area contributed by atoms with Crippen molar-refractivity contribution in [2.45, 2.75) is 37.3 Å². The minimum Gasteiger partial charge on any atom is -0.378 e. The molecule has 1 fully saturated rings. The maximum Gasteiger partial charge on any atom is 0.251 e. The zero-order valence-corrected chi connectivity index (χ0v) is 16.3. The van der Waals surface area contributed by atoms with E-state index in [1.807, 2.05) is 14.1 Å². The Balaban J connectivity index is 1.55. The van der Waals surface area contributed by atoms with Crippen LogP contribution >= 0.6 is 11.8 Å². The predicted molar refractivity (Wildman–Crippen MR) is 106 cm³/mol. The van der Waals surface area contributed by atoms with Crippen LogP contribution in [0.25, 0.3) is 0 Å². The number of nitrogens with one attached hydrogen (secondary N) is 2. The Bertz CT molecular complexity index is 776. The van der Waals surface area contributed by atoms with Crippen LogP contribution in [0.15, 0.2) is 40.3 Å². The van der Waals surface area contributed by atoms with Crippen LogP contribution in [0.1, 0.15) is 30.8 Å². The molecule has 3 rings (SSSR count). The lowest BCUT2D eigenvalue weighted by atomic mass is 10.2. The average Bonchev–Trinajstić information content (AvgIpc) is 3.09. The van der Waals surface area contributed by atoms with E-state index in [9.17, 15) is 4.79 Å². The van der Waals surface area contributed by atoms with Crippen molar-refractivity contribution in [2.75, 3.05) is 31.3 Å². The highest BCUT2D eigenvalue weighted by atomic mass is 32.2. The number of rotatable bonds is 7. The zero-order valence-electron chi connectivity index (χ0n) is 15.5. The number of aromatic nitrogens is 2. The summed E-state index contributed by atoms with van der Waals surface area (Å²) in [7, 11) is 4.06. The van der Waals surface area contributed by atoms with Crippen molar-refractivity contribution in [1.29, 1.82) is 0 Å². The molecule has 1 saturated heterocycles. The summed E-state index contributed by atoms with van der Waals surface area (Å²) in [5, 5.41) is 4.08. The summed E-state index contributed by atoms with van der Waals surface area (Å²) >= 11 is 1.54. The number of benzene rings is 1. The second kappa shape index (κ2) is 8.70. The number of anilines is 1. The third-order valence-corrected chi connectivity index (χ3v) is 5.26. The molecule has 0 saturated carbocycles. The van der Waals surface area contributed by atoms with Gasteiger partial charge >= 0.3 is 0 Å². The molecule has 2 N–H and O–H groups in total. The van der Waals surface area contributed by atoms with Crippen molar-refractivity contribution in [3.05, 3.63) is 51.9 Å². The lowest BCUT2D eigenvalue weighted by Crippen LogP contribution is -2.17. The maximum absolute atomic E-state index is 11.7. The average molecular weight is 375 g/mol. The topological polar surface area (TPSA) is 70.2 Å². The third-order valence-electron chi connectivity index (χ3n) is 4.26. The van der Waals surface area contributed by atoms with Crippen molar-refractivity contribution in [3.63, 3.8) is 0 Å². The monoisotopic (exact) mass is 374 g/mol. The third kappa shape index (κ3) is 4.87. The molecule has 2 heterocycles. The molecule has 7 heteroatoms. The van der Waals surface area contributed by atoms with E-state index in [1.54, 1.807) is 6.07 Å². The number of hydrogen-bond donors (Lipinski definition) is 2. The van der Waals surface area contributed by atoms with Crippen molar-refractivity contribution in [2.24, 2.45) is 0 Å². The van der Waals surface area contributed by atoms with Gasteiger partial charge in [0.25, 0.3) is 5.56 Å². The molecule has 2 atom stereocenters. The van der Waals surface area contributed by atoms with Gasteiger partial charge in [0, 0.05) is 43.8 Å². The van der Waals surface area contributed by atoms with Gasteiger partial charge < -0.3 is 14.6 Å². The first-order chi connectivity index (χ1) is 12.5. The van der Waals surface area contributed by atoms with Crippen LogP contribution in [0.2, 0.25) is 0 Å². The van der Waals surface area contributed by atoms with Crippen LogP contribution in [0, 0.1) is 0 Å². The Hall–Kier alpha value is -1.83. The number of aromatic amines is 1. The van der Waals surface area contributed by atoms with E-state index >= 15 is 0 Å². The van der Waals surface area contributed by atoms with E-state index < -0.39 is 0 Å². The summed E-state index contributed by atoms with van der Waals surface area (Å²) in [5.74, 6) is 0.748. The smallest absolute Gasteiger partial charge is 0.251 e. The van der Waals surface area contributed by atoms with Gasteiger partial charge in [-0.1, -0.05) is 37.2 Å². The van der Waals surface area contributed by atoms with Crippen LogP contribution in [0.3, 0.4) is 0 Å². The molecule has 0 aliphatic carbocycles. The molecule has 140 valence electrons. The van der Waals surface area contributed by atoms with Gasteiger partial charge in [0.1, 0.15) is 6.23 Å². The standard InChI is InChI=1S/C19H26N4O2S/c1-4-5-14-10-17(24)22-19(21-14)26-12-16-11-20-18(25-16)13-6-8-15(9-7-13)23(2)3/h6-10,16,18,20H,4-5,11-12H2,1-3H3,(H,21,22,24)/t16-,18+/m0/s1. The van der Waals surface area contributed by atoms with Gasteiger partial charge in [-0.15, -0.1) is 0 Å². The zero-order chi connectivity index (χ0) is 18.5. The first kappa shape index (κ1) is 18.9. The maximum atomic E-state index is 11.7. The van der Waals surface area contributed by atoms with E-state index in [0.29, 0.717) is 5.16 Å². The summed E-state index contributed by atoms with van der Waals surface area (Å²) < 4.78 is 6.11. The Morgan fingerprint density at radius 3 is 2.77 bits per heavy atom. The highest BCUT2D eigenvalue weighted by Crippen LogP contribution is 2.26. The predicted octanol–water partition coefficient (Wildman–Crippen LogP) is 2.57. The number of nitrogens with zero attached hydrogens (tertiary/aromatic N) is 2. The molecule has 0 spiro atoms. The van der Waals surface area contributed by atoms with E-state index in [2.05, 4.69) is 51.4 Å². The second-order valence-corrected chi connectivity index (χ2v) is 7.64. The minimum absolute atomic E-state index is 0.0821. The lowest BCUT2D eigenvalue weighted by Gasteiger charge is -2.16. The molecule has 0 unspecified atom stereocenters. The summed E-state index contributed by atoms with van der Waals surface area (Å²) in [6.07, 6.45) is 1.79. The summed E-state index contributed by atoms with van der Waals surface area (Å²) in [6.45, 7) is 2.87. The van der Waals surface area contributed by atoms with Crippen LogP contribution < -0.4 is 15.8 Å². The molecule has 1 aliphatic rings. The number of H-pyrrole nitrogens is 1. The summed E-state index contributed by atoms with van der Waals surface area (Å²) in [4.78, 5) is 21.1. The van der Waals surface area contributed by atoms with Crippen molar-refractivity contribution < 1.29 is 4.74 Å². The molecule has 1 aromatic heterocycles. The fourth-order valence-electron chi connectivity index (χ4n) is 2.88. The van der Waals surface area contributed by atoms with Gasteiger partial charge in [-0.25, -0.2) is 4.98 Å². The van der Waals surface area contributed by atoms with Gasteiger partial charge in [-0.3, -0.25) is 10.1 Å². The molecule has 0 radical (unpaired) electrons. The summed E-state index contributed by atoms with van der Waals surface area (Å²) in [5.41, 5.74) is 3.05. The Labute approximate surface area is 158 Å². The van der Waals surface area contributed by atoms with Gasteiger partial charge in [0.15, 0.2) is 5.16 Å². The molecule has 1 aliphatic heterocycles. The molecule has 2 aromatic rings. The van der Waals surface area contributed by atoms with Gasteiger partial charge in [0.05, 0.1) is 6.10 Å². The molecular weight excluding hydrogens is 348 g/mol. The van der Waals surface area contributed by atoms with Crippen molar-refractivity contribution in [3.8, 4) is 0 Å². The number of hydrogen-bond acceptors (Lipinski definition) is 6. The van der Waals surface area contributed by atoms with Crippen LogP contribution in [-0.4, -0.2) is 42.5 Å². The Morgan fingerprint density at radius 1 is 1.31 bits per heavy atom. The van der Waals surface area contributed by atoms with Crippen LogP contribution in [-0.2, 0) is 11.2 Å². The number of ether oxygens (including phenoxy) is 1. The van der Waals surface area contributed by atoms with Crippen molar-refractivity contribution in [1.82, 2.24) is 15.3 Å². The molecular formula is C19H26N4O2S. The fraction of sp³-hybridized carbons (Fsp3) is 0.474. The first-order valence-electron chi connectivity index (χ1n) is 8.94. The second-order valence-electron chi connectivity index (χ2n) is 6.64. The van der Waals surface area contributed by atoms with E-state index in [0.717, 1.165) is 36.4 Å². The van der Waals surface area contributed by atoms with E-state index in [4.69, 9.17) is 4.74 Å². The van der Waals surface area contributed by atoms with E-state index in [1.165, 1.54) is 17.4 Å². The molecule has 26 heavy (non-hydrogen) atoms. The quantitative estimate of drug-likeness (QED) is 0.573. The van der Waals surface area contributed by atoms with Crippen LogP contribution in [0.4, 0.5) is 5.69 Å². The SMILES string of the molecule is CCCc1cc(=O)[nH]c(SC[C@@H]2CN[C@@H](c3ccc(N(C)C)cc3)O2)n1. The normalized spacial score (nSPS) is 19.7. The van der Waals surface area contributed by atoms with Crippen LogP contribution in [0.5, 0.6) is 0 Å². The Morgan fingerprint density at radius 2 is 2.08 bits per heavy atom. The van der Waals surface area contributed by atoms with Gasteiger partial charge in [-0.2, -0.15) is 0 Å². The first-order valence-corrected chi connectivity index (χ1v) is 9.93. The fourth-order valence-corrected chi connectivity index (χ4v) is 3.77. The van der Waals surface area contributed by atoms with Gasteiger partial charge in [-0.05, 0) is 24.1 Å². The molecule has 0 bridgehead atoms. The highest BCUT2D eigenvalue weighted by Gasteiger charge is 2.26. The van der Waals surface area contributed by atoms with E-state index in [-0.39, 0.29) is 17.9 Å². The minimum atomic E-state index is -0.0877. The molecule has 6 nitrogen and oxygen atoms in total. The number of thioether (sulfide) groups is 1. The summed E-state index contributed by atoms with van der Waals surface area (Å²) in [6, 6.07) is 9.95. The molecule has 1 aromatic carbocycles. The lowest BCUT2D eigenvalue weighted by molar-refractivity contribution is 0.0534. The molecule has 0 amide bonds.